The Hall–Kier alpha value is -1.29. The molecule has 18 heavy (non-hydrogen) atoms. The van der Waals surface area contributed by atoms with Crippen molar-refractivity contribution in [3.05, 3.63) is 24.3 Å². The molecular formula is C14H19NO2S. The second-order valence-corrected chi connectivity index (χ2v) is 5.34. The minimum Gasteiger partial charge on any atom is -0.490 e. The molecule has 0 radical (unpaired) electrons. The van der Waals surface area contributed by atoms with Gasteiger partial charge in [-0.3, -0.25) is 0 Å². The van der Waals surface area contributed by atoms with Crippen LogP contribution in [-0.2, 0) is 0 Å². The predicted octanol–water partition coefficient (Wildman–Crippen LogP) is 2.92. The highest BCUT2D eigenvalue weighted by atomic mass is 32.1. The van der Waals surface area contributed by atoms with Gasteiger partial charge in [0.2, 0.25) is 0 Å². The van der Waals surface area contributed by atoms with Gasteiger partial charge in [0.25, 0.3) is 0 Å². The van der Waals surface area contributed by atoms with E-state index in [1.165, 1.54) is 0 Å². The van der Waals surface area contributed by atoms with Gasteiger partial charge < -0.3 is 15.2 Å². The van der Waals surface area contributed by atoms with Crippen molar-refractivity contribution in [2.24, 2.45) is 11.1 Å². The summed E-state index contributed by atoms with van der Waals surface area (Å²) in [6, 6.07) is 7.75. The molecule has 1 fully saturated rings. The van der Waals surface area contributed by atoms with Crippen molar-refractivity contribution in [3.8, 4) is 11.5 Å². The molecule has 1 aromatic rings. The van der Waals surface area contributed by atoms with E-state index in [-0.39, 0.29) is 5.41 Å². The highest BCUT2D eigenvalue weighted by molar-refractivity contribution is 7.80. The molecular weight excluding hydrogens is 246 g/mol. The number of thiocarbonyl (C=S) groups is 1. The number of para-hydroxylation sites is 2. The van der Waals surface area contributed by atoms with Crippen molar-refractivity contribution < 1.29 is 9.47 Å². The van der Waals surface area contributed by atoms with Gasteiger partial charge >= 0.3 is 0 Å². The summed E-state index contributed by atoms with van der Waals surface area (Å²) in [5.74, 6) is 1.60. The van der Waals surface area contributed by atoms with Gasteiger partial charge in [-0.05, 0) is 31.9 Å². The fourth-order valence-corrected chi connectivity index (χ4v) is 2.30. The summed E-state index contributed by atoms with van der Waals surface area (Å²) in [5.41, 5.74) is 5.79. The summed E-state index contributed by atoms with van der Waals surface area (Å²) < 4.78 is 11.4. The number of hydrogen-bond acceptors (Lipinski definition) is 3. The van der Waals surface area contributed by atoms with Gasteiger partial charge in [0.1, 0.15) is 0 Å². The lowest BCUT2D eigenvalue weighted by Gasteiger charge is -2.17. The Kier molecular flexibility index (Phi) is 4.07. The summed E-state index contributed by atoms with van der Waals surface area (Å²) in [4.78, 5) is 0.578. The molecule has 0 heterocycles. The van der Waals surface area contributed by atoms with Gasteiger partial charge in [-0.25, -0.2) is 0 Å². The molecule has 2 N–H and O–H groups in total. The number of benzene rings is 1. The number of hydrogen-bond donors (Lipinski definition) is 1. The maximum atomic E-state index is 5.88. The fraction of sp³-hybridized carbons (Fsp3) is 0.500. The molecule has 98 valence electrons. The van der Waals surface area contributed by atoms with E-state index in [4.69, 9.17) is 27.4 Å². The van der Waals surface area contributed by atoms with E-state index in [1.807, 2.05) is 31.2 Å². The average Bonchev–Trinajstić information content (AvgIpc) is 3.08. The molecule has 0 unspecified atom stereocenters. The Morgan fingerprint density at radius 3 is 2.39 bits per heavy atom. The van der Waals surface area contributed by atoms with Crippen LogP contribution in [0.5, 0.6) is 11.5 Å². The molecule has 1 aromatic carbocycles. The van der Waals surface area contributed by atoms with Crippen LogP contribution in [0.3, 0.4) is 0 Å². The third kappa shape index (κ3) is 3.35. The third-order valence-corrected chi connectivity index (χ3v) is 3.33. The van der Waals surface area contributed by atoms with Gasteiger partial charge in [-0.1, -0.05) is 24.4 Å². The van der Waals surface area contributed by atoms with Crippen LogP contribution in [0.15, 0.2) is 24.3 Å². The zero-order chi connectivity index (χ0) is 13.0. The lowest BCUT2D eigenvalue weighted by Crippen LogP contribution is -2.21. The molecule has 0 spiro atoms. The molecule has 0 bridgehead atoms. The Morgan fingerprint density at radius 2 is 1.89 bits per heavy atom. The van der Waals surface area contributed by atoms with E-state index in [0.717, 1.165) is 30.8 Å². The van der Waals surface area contributed by atoms with E-state index < -0.39 is 0 Å². The first-order valence-electron chi connectivity index (χ1n) is 6.28. The molecule has 0 atom stereocenters. The maximum Gasteiger partial charge on any atom is 0.161 e. The molecule has 0 saturated heterocycles. The monoisotopic (exact) mass is 265 g/mol. The molecule has 1 aliphatic rings. The van der Waals surface area contributed by atoms with Gasteiger partial charge in [0.15, 0.2) is 11.5 Å². The summed E-state index contributed by atoms with van der Waals surface area (Å²) in [6.07, 6.45) is 3.06. The zero-order valence-corrected chi connectivity index (χ0v) is 11.5. The lowest BCUT2D eigenvalue weighted by molar-refractivity contribution is 0.223. The van der Waals surface area contributed by atoms with Crippen molar-refractivity contribution in [3.63, 3.8) is 0 Å². The van der Waals surface area contributed by atoms with Crippen LogP contribution in [0.4, 0.5) is 0 Å². The van der Waals surface area contributed by atoms with Crippen LogP contribution >= 0.6 is 12.2 Å². The standard InChI is InChI=1S/C14H19NO2S/c1-2-16-11-5-3-4-6-12(11)17-10-14(7-8-14)9-13(15)18/h3-6H,2,7-10H2,1H3,(H2,15,18). The molecule has 0 aliphatic heterocycles. The topological polar surface area (TPSA) is 44.5 Å². The molecule has 1 aliphatic carbocycles. The van der Waals surface area contributed by atoms with Gasteiger partial charge in [0, 0.05) is 11.8 Å². The fourth-order valence-electron chi connectivity index (χ4n) is 1.99. The van der Waals surface area contributed by atoms with E-state index >= 15 is 0 Å². The van der Waals surface area contributed by atoms with Crippen LogP contribution in [-0.4, -0.2) is 18.2 Å². The van der Waals surface area contributed by atoms with E-state index in [0.29, 0.717) is 18.2 Å². The normalized spacial score (nSPS) is 16.1. The van der Waals surface area contributed by atoms with Crippen LogP contribution < -0.4 is 15.2 Å². The Morgan fingerprint density at radius 1 is 1.28 bits per heavy atom. The van der Waals surface area contributed by atoms with Crippen LogP contribution in [0.25, 0.3) is 0 Å². The van der Waals surface area contributed by atoms with E-state index in [1.54, 1.807) is 0 Å². The molecule has 1 saturated carbocycles. The first-order valence-corrected chi connectivity index (χ1v) is 6.69. The van der Waals surface area contributed by atoms with Crippen molar-refractivity contribution in [1.82, 2.24) is 0 Å². The third-order valence-electron chi connectivity index (χ3n) is 3.19. The van der Waals surface area contributed by atoms with E-state index in [9.17, 15) is 0 Å². The highest BCUT2D eigenvalue weighted by Crippen LogP contribution is 2.49. The minimum absolute atomic E-state index is 0.172. The van der Waals surface area contributed by atoms with Crippen molar-refractivity contribution in [2.75, 3.05) is 13.2 Å². The Balaban J connectivity index is 1.96. The molecule has 0 aromatic heterocycles. The molecule has 0 amide bonds. The number of ether oxygens (including phenoxy) is 2. The zero-order valence-electron chi connectivity index (χ0n) is 10.6. The second kappa shape index (κ2) is 5.57. The Labute approximate surface area is 113 Å². The maximum absolute atomic E-state index is 5.88. The number of nitrogens with two attached hydrogens (primary N) is 1. The first kappa shape index (κ1) is 13.1. The SMILES string of the molecule is CCOc1ccccc1OCC1(CC(N)=S)CC1. The largest absolute Gasteiger partial charge is 0.490 e. The number of rotatable bonds is 7. The van der Waals surface area contributed by atoms with Crippen LogP contribution in [0.2, 0.25) is 0 Å². The predicted molar refractivity (Wildman–Crippen MR) is 76.2 cm³/mol. The quantitative estimate of drug-likeness (QED) is 0.770. The minimum atomic E-state index is 0.172. The van der Waals surface area contributed by atoms with Gasteiger partial charge in [-0.2, -0.15) is 0 Å². The van der Waals surface area contributed by atoms with E-state index in [2.05, 4.69) is 0 Å². The van der Waals surface area contributed by atoms with Crippen LogP contribution in [0, 0.1) is 5.41 Å². The Bertz CT molecular complexity index is 430. The molecule has 4 heteroatoms. The lowest BCUT2D eigenvalue weighted by atomic mass is 10.0. The summed E-state index contributed by atoms with van der Waals surface area (Å²) >= 11 is 4.98. The summed E-state index contributed by atoms with van der Waals surface area (Å²) in [5, 5.41) is 0. The van der Waals surface area contributed by atoms with Crippen molar-refractivity contribution >= 4 is 17.2 Å². The second-order valence-electron chi connectivity index (χ2n) is 4.81. The highest BCUT2D eigenvalue weighted by Gasteiger charge is 2.44. The van der Waals surface area contributed by atoms with Crippen molar-refractivity contribution in [1.29, 1.82) is 0 Å². The molecule has 2 rings (SSSR count). The summed E-state index contributed by atoms with van der Waals surface area (Å²) in [6.45, 7) is 3.26. The average molecular weight is 265 g/mol. The smallest absolute Gasteiger partial charge is 0.161 e. The van der Waals surface area contributed by atoms with Crippen LogP contribution in [0.1, 0.15) is 26.2 Å². The van der Waals surface area contributed by atoms with Crippen molar-refractivity contribution in [2.45, 2.75) is 26.2 Å². The van der Waals surface area contributed by atoms with Gasteiger partial charge in [0.05, 0.1) is 18.2 Å². The molecule has 3 nitrogen and oxygen atoms in total. The van der Waals surface area contributed by atoms with Gasteiger partial charge in [-0.15, -0.1) is 0 Å². The first-order chi connectivity index (χ1) is 8.65. The summed E-state index contributed by atoms with van der Waals surface area (Å²) in [7, 11) is 0.